The molecule has 3 fully saturated rings. The summed E-state index contributed by atoms with van der Waals surface area (Å²) in [6, 6.07) is 5.93. The van der Waals surface area contributed by atoms with Gasteiger partial charge in [0.1, 0.15) is 18.3 Å². The summed E-state index contributed by atoms with van der Waals surface area (Å²) in [7, 11) is 0. The van der Waals surface area contributed by atoms with Crippen molar-refractivity contribution in [2.45, 2.75) is 96.0 Å². The number of rotatable bonds is 7. The summed E-state index contributed by atoms with van der Waals surface area (Å²) in [6.45, 7) is 2.45. The summed E-state index contributed by atoms with van der Waals surface area (Å²) >= 11 is 0. The van der Waals surface area contributed by atoms with E-state index in [1.54, 1.807) is 6.07 Å². The smallest absolute Gasteiger partial charge is 0.126 e. The highest BCUT2D eigenvalue weighted by Gasteiger charge is 2.31. The molecule has 4 heteroatoms. The van der Waals surface area contributed by atoms with E-state index in [1.165, 1.54) is 25.7 Å². The van der Waals surface area contributed by atoms with Crippen LogP contribution in [-0.2, 0) is 11.2 Å². The molecule has 0 spiro atoms. The summed E-state index contributed by atoms with van der Waals surface area (Å²) in [6.07, 6.45) is 13.8. The Morgan fingerprint density at radius 3 is 2.39 bits per heavy atom. The number of hydrogen-bond donors (Lipinski definition) is 0. The summed E-state index contributed by atoms with van der Waals surface area (Å²) in [5, 5.41) is 0. The van der Waals surface area contributed by atoms with E-state index in [9.17, 15) is 13.2 Å². The molecule has 1 aromatic carbocycles. The Morgan fingerprint density at radius 1 is 1.00 bits per heavy atom. The molecule has 1 aliphatic heterocycles. The summed E-state index contributed by atoms with van der Waals surface area (Å²) in [4.78, 5) is 0. The molecule has 184 valence electrons. The first-order valence-corrected chi connectivity index (χ1v) is 13.3. The lowest BCUT2D eigenvalue weighted by atomic mass is 9.75. The van der Waals surface area contributed by atoms with Crippen LogP contribution in [0.5, 0.6) is 0 Å². The lowest BCUT2D eigenvalue weighted by Gasteiger charge is -2.37. The third-order valence-corrected chi connectivity index (χ3v) is 8.72. The van der Waals surface area contributed by atoms with Crippen molar-refractivity contribution in [3.05, 3.63) is 47.0 Å². The SMILES string of the molecule is CC1CCC(C2CCC(c3ccc(CCC4CCC(/C(F)=C/CF)CC4)c(F)c3)CC2)OC1. The second-order valence-corrected chi connectivity index (χ2v) is 11.0. The van der Waals surface area contributed by atoms with Crippen molar-refractivity contribution in [1.29, 1.82) is 0 Å². The van der Waals surface area contributed by atoms with E-state index >= 15 is 0 Å². The van der Waals surface area contributed by atoms with E-state index in [0.717, 1.165) is 75.2 Å². The minimum Gasteiger partial charge on any atom is -0.378 e. The fourth-order valence-electron chi connectivity index (χ4n) is 6.45. The number of allylic oxidation sites excluding steroid dienone is 2. The topological polar surface area (TPSA) is 9.23 Å². The monoisotopic (exact) mass is 462 g/mol. The molecule has 33 heavy (non-hydrogen) atoms. The molecule has 1 saturated heterocycles. The van der Waals surface area contributed by atoms with Gasteiger partial charge in [-0.25, -0.2) is 13.2 Å². The van der Waals surface area contributed by atoms with Crippen LogP contribution in [0.2, 0.25) is 0 Å². The average Bonchev–Trinajstić information content (AvgIpc) is 2.84. The van der Waals surface area contributed by atoms with E-state index in [-0.39, 0.29) is 17.6 Å². The van der Waals surface area contributed by atoms with Crippen LogP contribution in [0.4, 0.5) is 13.2 Å². The number of alkyl halides is 1. The molecule has 2 unspecified atom stereocenters. The van der Waals surface area contributed by atoms with Crippen LogP contribution in [0.15, 0.2) is 30.1 Å². The molecule has 1 heterocycles. The second-order valence-electron chi connectivity index (χ2n) is 11.0. The average molecular weight is 463 g/mol. The number of hydrogen-bond acceptors (Lipinski definition) is 1. The summed E-state index contributed by atoms with van der Waals surface area (Å²) in [5.74, 6) is 1.89. The summed E-state index contributed by atoms with van der Waals surface area (Å²) in [5.41, 5.74) is 1.96. The van der Waals surface area contributed by atoms with Gasteiger partial charge in [-0.1, -0.05) is 19.1 Å². The van der Waals surface area contributed by atoms with E-state index in [1.807, 2.05) is 6.07 Å². The van der Waals surface area contributed by atoms with Crippen LogP contribution in [0.3, 0.4) is 0 Å². The number of halogens is 3. The van der Waals surface area contributed by atoms with E-state index in [4.69, 9.17) is 4.74 Å². The van der Waals surface area contributed by atoms with Gasteiger partial charge in [0, 0.05) is 12.5 Å². The van der Waals surface area contributed by atoms with Gasteiger partial charge in [0.2, 0.25) is 0 Å². The molecule has 4 rings (SSSR count). The first-order chi connectivity index (χ1) is 16.0. The molecule has 0 radical (unpaired) electrons. The van der Waals surface area contributed by atoms with Gasteiger partial charge < -0.3 is 4.74 Å². The fourth-order valence-corrected chi connectivity index (χ4v) is 6.45. The van der Waals surface area contributed by atoms with Crippen molar-refractivity contribution < 1.29 is 17.9 Å². The maximum Gasteiger partial charge on any atom is 0.126 e. The van der Waals surface area contributed by atoms with Gasteiger partial charge in [0.05, 0.1) is 6.10 Å². The number of aryl methyl sites for hydroxylation is 1. The molecule has 3 aliphatic rings. The molecule has 0 bridgehead atoms. The van der Waals surface area contributed by atoms with Crippen molar-refractivity contribution >= 4 is 0 Å². The Labute approximate surface area is 198 Å². The minimum absolute atomic E-state index is 0.0650. The largest absolute Gasteiger partial charge is 0.378 e. The van der Waals surface area contributed by atoms with Gasteiger partial charge in [0.25, 0.3) is 0 Å². The molecular formula is C29H41F3O. The zero-order valence-corrected chi connectivity index (χ0v) is 20.2. The van der Waals surface area contributed by atoms with Crippen LogP contribution >= 0.6 is 0 Å². The number of ether oxygens (including phenoxy) is 1. The fraction of sp³-hybridized carbons (Fsp3) is 0.724. The van der Waals surface area contributed by atoms with Crippen molar-refractivity contribution in [3.8, 4) is 0 Å². The predicted octanol–water partition coefficient (Wildman–Crippen LogP) is 8.48. The first-order valence-electron chi connectivity index (χ1n) is 13.3. The normalized spacial score (nSPS) is 33.8. The summed E-state index contributed by atoms with van der Waals surface area (Å²) < 4.78 is 47.1. The van der Waals surface area contributed by atoms with Crippen molar-refractivity contribution in [1.82, 2.24) is 0 Å². The Bertz CT molecular complexity index is 767. The zero-order chi connectivity index (χ0) is 23.2. The Morgan fingerprint density at radius 2 is 1.76 bits per heavy atom. The van der Waals surface area contributed by atoms with Gasteiger partial charge in [-0.3, -0.25) is 0 Å². The Balaban J connectivity index is 1.22. The maximum absolute atomic E-state index is 14.9. The van der Waals surface area contributed by atoms with Gasteiger partial charge in [-0.15, -0.1) is 0 Å². The maximum atomic E-state index is 14.9. The van der Waals surface area contributed by atoms with Gasteiger partial charge in [-0.2, -0.15) is 0 Å². The highest BCUT2D eigenvalue weighted by Crippen LogP contribution is 2.41. The third-order valence-electron chi connectivity index (χ3n) is 8.72. The Kier molecular flexibility index (Phi) is 8.96. The molecule has 0 amide bonds. The van der Waals surface area contributed by atoms with E-state index in [0.29, 0.717) is 29.8 Å². The molecule has 0 aromatic heterocycles. The van der Waals surface area contributed by atoms with Crippen molar-refractivity contribution in [3.63, 3.8) is 0 Å². The highest BCUT2D eigenvalue weighted by atomic mass is 19.1. The lowest BCUT2D eigenvalue weighted by molar-refractivity contribution is -0.0523. The second kappa shape index (κ2) is 11.9. The quantitative estimate of drug-likeness (QED) is 0.395. The molecule has 2 atom stereocenters. The van der Waals surface area contributed by atoms with Gasteiger partial charge in [0.15, 0.2) is 0 Å². The lowest BCUT2D eigenvalue weighted by Crippen LogP contribution is -2.33. The van der Waals surface area contributed by atoms with Crippen LogP contribution < -0.4 is 0 Å². The van der Waals surface area contributed by atoms with Crippen LogP contribution in [0.1, 0.15) is 94.6 Å². The minimum atomic E-state index is -0.725. The van der Waals surface area contributed by atoms with Crippen LogP contribution in [0, 0.1) is 29.5 Å². The van der Waals surface area contributed by atoms with Crippen LogP contribution in [0.25, 0.3) is 0 Å². The molecule has 1 aromatic rings. The number of benzene rings is 1. The zero-order valence-electron chi connectivity index (χ0n) is 20.2. The van der Waals surface area contributed by atoms with E-state index < -0.39 is 6.67 Å². The highest BCUT2D eigenvalue weighted by molar-refractivity contribution is 5.27. The standard InChI is InChI=1S/C29H41F3O/c1-20-2-15-29(33-19-20)25-12-9-22(10-13-25)26-14-11-24(28(32)18-26)8-5-21-3-6-23(7-4-21)27(31)16-17-30/h11,14,16,18,20-23,25,29H,2-10,12-13,15,17,19H2,1H3/b27-16-. The van der Waals surface area contributed by atoms with Crippen molar-refractivity contribution in [2.75, 3.05) is 13.3 Å². The molecule has 0 N–H and O–H groups in total. The third kappa shape index (κ3) is 6.65. The van der Waals surface area contributed by atoms with E-state index in [2.05, 4.69) is 13.0 Å². The van der Waals surface area contributed by atoms with Gasteiger partial charge >= 0.3 is 0 Å². The molecule has 2 saturated carbocycles. The molecule has 2 aliphatic carbocycles. The Hall–Kier alpha value is -1.29. The molecular weight excluding hydrogens is 421 g/mol. The first kappa shape index (κ1) is 24.8. The van der Waals surface area contributed by atoms with Crippen molar-refractivity contribution in [2.24, 2.45) is 23.7 Å². The van der Waals surface area contributed by atoms with Crippen LogP contribution in [-0.4, -0.2) is 19.4 Å². The van der Waals surface area contributed by atoms with Gasteiger partial charge in [-0.05, 0) is 124 Å². The molecule has 1 nitrogen and oxygen atoms in total. The predicted molar refractivity (Wildman–Crippen MR) is 128 cm³/mol.